The van der Waals surface area contributed by atoms with Crippen LogP contribution in [0, 0.1) is 5.41 Å². The number of nitrogens with two attached hydrogens (primary N) is 1. The summed E-state index contributed by atoms with van der Waals surface area (Å²) < 4.78 is 2.47. The van der Waals surface area contributed by atoms with Crippen LogP contribution in [0.4, 0.5) is 0 Å². The van der Waals surface area contributed by atoms with Crippen molar-refractivity contribution < 1.29 is 0 Å². The van der Waals surface area contributed by atoms with Gasteiger partial charge < -0.3 is 5.73 Å². The predicted octanol–water partition coefficient (Wildman–Crippen LogP) is 2.01. The van der Waals surface area contributed by atoms with Crippen molar-refractivity contribution in [3.63, 3.8) is 0 Å². The van der Waals surface area contributed by atoms with Crippen LogP contribution in [0.15, 0.2) is 4.60 Å². The van der Waals surface area contributed by atoms with E-state index >= 15 is 0 Å². The van der Waals surface area contributed by atoms with Crippen molar-refractivity contribution in [3.8, 4) is 0 Å². The van der Waals surface area contributed by atoms with Gasteiger partial charge in [-0.3, -0.25) is 0 Å². The summed E-state index contributed by atoms with van der Waals surface area (Å²) in [6.07, 6.45) is 0.910. The Hall–Kier alpha value is -0.420. The normalized spacial score (nSPS) is 14.4. The van der Waals surface area contributed by atoms with E-state index in [1.54, 1.807) is 4.68 Å². The molecule has 1 rings (SSSR count). The molecule has 0 saturated carbocycles. The second-order valence-corrected chi connectivity index (χ2v) is 5.51. The van der Waals surface area contributed by atoms with Gasteiger partial charge in [0.25, 0.3) is 0 Å². The minimum absolute atomic E-state index is 0.0237. The number of nitrogens with zero attached hydrogens (tertiary/aromatic N) is 3. The van der Waals surface area contributed by atoms with Crippen molar-refractivity contribution in [1.29, 1.82) is 0 Å². The van der Waals surface area contributed by atoms with Crippen molar-refractivity contribution in [2.45, 2.75) is 33.2 Å². The van der Waals surface area contributed by atoms with Gasteiger partial charge in [-0.25, -0.2) is 4.68 Å². The van der Waals surface area contributed by atoms with Gasteiger partial charge >= 0.3 is 0 Å². The van der Waals surface area contributed by atoms with Crippen molar-refractivity contribution in [2.75, 3.05) is 0 Å². The average molecular weight is 261 g/mol. The van der Waals surface area contributed by atoms with Gasteiger partial charge in [-0.2, -0.15) is 0 Å². The lowest BCUT2D eigenvalue weighted by Gasteiger charge is -2.23. The molecule has 0 spiro atoms. The first kappa shape index (κ1) is 11.7. The summed E-state index contributed by atoms with van der Waals surface area (Å²) in [6.45, 7) is 6.51. The summed E-state index contributed by atoms with van der Waals surface area (Å²) >= 11 is 3.35. The maximum absolute atomic E-state index is 6.10. The van der Waals surface area contributed by atoms with E-state index < -0.39 is 0 Å². The summed E-state index contributed by atoms with van der Waals surface area (Å²) in [5.41, 5.74) is 7.27. The fourth-order valence-electron chi connectivity index (χ4n) is 1.49. The van der Waals surface area contributed by atoms with Crippen LogP contribution in [0.1, 0.15) is 38.9 Å². The lowest BCUT2D eigenvalue weighted by Crippen LogP contribution is -2.21. The minimum atomic E-state index is -0.0237. The highest BCUT2D eigenvalue weighted by Gasteiger charge is 2.22. The van der Waals surface area contributed by atoms with Gasteiger partial charge in [-0.15, -0.1) is 5.10 Å². The predicted molar refractivity (Wildman–Crippen MR) is 59.7 cm³/mol. The topological polar surface area (TPSA) is 56.7 Å². The highest BCUT2D eigenvalue weighted by Crippen LogP contribution is 2.29. The molecule has 1 heterocycles. The number of aryl methyl sites for hydroxylation is 1. The first-order valence-electron chi connectivity index (χ1n) is 4.62. The third kappa shape index (κ3) is 2.78. The molecule has 14 heavy (non-hydrogen) atoms. The largest absolute Gasteiger partial charge is 0.323 e. The van der Waals surface area contributed by atoms with Gasteiger partial charge in [-0.1, -0.05) is 26.0 Å². The molecular formula is C9H17BrN4. The molecule has 0 aliphatic rings. The summed E-state index contributed by atoms with van der Waals surface area (Å²) in [6, 6.07) is -0.0237. The van der Waals surface area contributed by atoms with Crippen molar-refractivity contribution in [1.82, 2.24) is 15.0 Å². The van der Waals surface area contributed by atoms with Crippen molar-refractivity contribution in [3.05, 3.63) is 10.3 Å². The minimum Gasteiger partial charge on any atom is -0.323 e. The van der Waals surface area contributed by atoms with Crippen LogP contribution in [0.25, 0.3) is 0 Å². The molecule has 4 nitrogen and oxygen atoms in total. The number of halogens is 1. The highest BCUT2D eigenvalue weighted by atomic mass is 79.9. The summed E-state index contributed by atoms with van der Waals surface area (Å²) in [5, 5.41) is 7.82. The molecule has 80 valence electrons. The second-order valence-electron chi connectivity index (χ2n) is 4.76. The summed E-state index contributed by atoms with van der Waals surface area (Å²) in [7, 11) is 1.86. The van der Waals surface area contributed by atoms with E-state index in [0.29, 0.717) is 0 Å². The maximum atomic E-state index is 6.10. The molecule has 1 atom stereocenters. The van der Waals surface area contributed by atoms with Gasteiger partial charge in [-0.05, 0) is 27.8 Å². The summed E-state index contributed by atoms with van der Waals surface area (Å²) in [5.74, 6) is 0. The van der Waals surface area contributed by atoms with Crippen LogP contribution in [-0.4, -0.2) is 15.0 Å². The van der Waals surface area contributed by atoms with Gasteiger partial charge in [0.15, 0.2) is 4.60 Å². The number of hydrogen-bond donors (Lipinski definition) is 1. The Bertz CT molecular complexity index is 294. The number of rotatable bonds is 2. The molecule has 0 fully saturated rings. The molecule has 0 radical (unpaired) electrons. The molecule has 2 N–H and O–H groups in total. The fraction of sp³-hybridized carbons (Fsp3) is 0.778. The zero-order chi connectivity index (χ0) is 10.9. The van der Waals surface area contributed by atoms with Crippen LogP contribution in [0.5, 0.6) is 0 Å². The summed E-state index contributed by atoms with van der Waals surface area (Å²) in [4.78, 5) is 0. The monoisotopic (exact) mass is 260 g/mol. The molecular weight excluding hydrogens is 244 g/mol. The van der Waals surface area contributed by atoms with E-state index in [2.05, 4.69) is 47.0 Å². The van der Waals surface area contributed by atoms with Crippen LogP contribution in [0.3, 0.4) is 0 Å². The van der Waals surface area contributed by atoms with Gasteiger partial charge in [0.2, 0.25) is 0 Å². The first-order valence-corrected chi connectivity index (χ1v) is 5.41. The Kier molecular flexibility index (Phi) is 3.32. The molecule has 1 aromatic heterocycles. The maximum Gasteiger partial charge on any atom is 0.153 e. The SMILES string of the molecule is Cn1nnc(Br)c1C(N)CC(C)(C)C. The Morgan fingerprint density at radius 3 is 2.43 bits per heavy atom. The lowest BCUT2D eigenvalue weighted by atomic mass is 9.87. The van der Waals surface area contributed by atoms with Crippen LogP contribution >= 0.6 is 15.9 Å². The molecule has 0 aliphatic heterocycles. The van der Waals surface area contributed by atoms with E-state index in [-0.39, 0.29) is 11.5 Å². The Balaban J connectivity index is 2.84. The van der Waals surface area contributed by atoms with Crippen LogP contribution in [-0.2, 0) is 7.05 Å². The Labute approximate surface area is 93.0 Å². The highest BCUT2D eigenvalue weighted by molar-refractivity contribution is 9.10. The zero-order valence-electron chi connectivity index (χ0n) is 9.08. The van der Waals surface area contributed by atoms with E-state index in [9.17, 15) is 0 Å². The molecule has 5 heteroatoms. The molecule has 0 aromatic carbocycles. The average Bonchev–Trinajstić information content (AvgIpc) is 2.27. The molecule has 0 aliphatic carbocycles. The third-order valence-electron chi connectivity index (χ3n) is 2.01. The second kappa shape index (κ2) is 3.98. The Morgan fingerprint density at radius 2 is 2.07 bits per heavy atom. The smallest absolute Gasteiger partial charge is 0.153 e. The van der Waals surface area contributed by atoms with Gasteiger partial charge in [0.1, 0.15) is 0 Å². The molecule has 1 unspecified atom stereocenters. The van der Waals surface area contributed by atoms with Crippen molar-refractivity contribution in [2.24, 2.45) is 18.2 Å². The number of aromatic nitrogens is 3. The molecule has 0 saturated heterocycles. The van der Waals surface area contributed by atoms with Gasteiger partial charge in [0, 0.05) is 13.1 Å². The van der Waals surface area contributed by atoms with E-state index in [1.807, 2.05) is 7.05 Å². The van der Waals surface area contributed by atoms with Crippen LogP contribution < -0.4 is 5.73 Å². The first-order chi connectivity index (χ1) is 6.31. The lowest BCUT2D eigenvalue weighted by molar-refractivity contribution is 0.335. The van der Waals surface area contributed by atoms with E-state index in [4.69, 9.17) is 5.73 Å². The fourth-order valence-corrected chi connectivity index (χ4v) is 2.11. The van der Waals surface area contributed by atoms with E-state index in [0.717, 1.165) is 16.7 Å². The van der Waals surface area contributed by atoms with Gasteiger partial charge in [0.05, 0.1) is 5.69 Å². The number of hydrogen-bond acceptors (Lipinski definition) is 3. The standard InChI is InChI=1S/C9H17BrN4/c1-9(2,3)5-6(11)7-8(10)12-13-14(7)4/h6H,5,11H2,1-4H3. The van der Waals surface area contributed by atoms with Crippen LogP contribution in [0.2, 0.25) is 0 Å². The third-order valence-corrected chi connectivity index (χ3v) is 2.58. The van der Waals surface area contributed by atoms with Crippen molar-refractivity contribution >= 4 is 15.9 Å². The molecule has 1 aromatic rings. The Morgan fingerprint density at radius 1 is 1.50 bits per heavy atom. The molecule has 0 bridgehead atoms. The molecule has 0 amide bonds. The van der Waals surface area contributed by atoms with E-state index in [1.165, 1.54) is 0 Å². The quantitative estimate of drug-likeness (QED) is 0.886. The zero-order valence-corrected chi connectivity index (χ0v) is 10.7.